The molecule has 0 aliphatic carbocycles. The van der Waals surface area contributed by atoms with Crippen molar-refractivity contribution in [2.75, 3.05) is 31.1 Å². The van der Waals surface area contributed by atoms with Gasteiger partial charge in [0.25, 0.3) is 0 Å². The van der Waals surface area contributed by atoms with Crippen molar-refractivity contribution in [3.8, 4) is 0 Å². The van der Waals surface area contributed by atoms with Gasteiger partial charge >= 0.3 is 0 Å². The molecule has 1 saturated heterocycles. The van der Waals surface area contributed by atoms with Crippen molar-refractivity contribution in [1.29, 1.82) is 0 Å². The predicted molar refractivity (Wildman–Crippen MR) is 79.6 cm³/mol. The number of halogens is 1. The number of piperazine rings is 1. The normalized spacial score (nSPS) is 18.9. The topological polar surface area (TPSA) is 6.48 Å². The van der Waals surface area contributed by atoms with Crippen LogP contribution in [0.2, 0.25) is 5.02 Å². The molecule has 1 fully saturated rings. The van der Waals surface area contributed by atoms with Gasteiger partial charge in [-0.3, -0.25) is 4.90 Å². The molecule has 1 aromatic rings. The highest BCUT2D eigenvalue weighted by Crippen LogP contribution is 2.21. The largest absolute Gasteiger partial charge is 0.369 e. The Morgan fingerprint density at radius 1 is 1.22 bits per heavy atom. The zero-order valence-electron chi connectivity index (χ0n) is 11.4. The molecule has 2 nitrogen and oxygen atoms in total. The molecule has 1 aromatic carbocycles. The molecule has 2 rings (SSSR count). The molecule has 1 aliphatic heterocycles. The Morgan fingerprint density at radius 3 is 2.56 bits per heavy atom. The van der Waals surface area contributed by atoms with Crippen LogP contribution < -0.4 is 4.90 Å². The zero-order chi connectivity index (χ0) is 13.0. The summed E-state index contributed by atoms with van der Waals surface area (Å²) in [4.78, 5) is 5.03. The molecular formula is C15H23ClN2. The lowest BCUT2D eigenvalue weighted by molar-refractivity contribution is 0.188. The summed E-state index contributed by atoms with van der Waals surface area (Å²) < 4.78 is 0. The van der Waals surface area contributed by atoms with Crippen LogP contribution in [0.4, 0.5) is 5.69 Å². The Bertz CT molecular complexity index is 373. The van der Waals surface area contributed by atoms with E-state index in [2.05, 4.69) is 35.8 Å². The average Bonchev–Trinajstić information content (AvgIpc) is 2.39. The standard InChI is InChI=1S/C15H23ClN2/c1-3-5-13(2)17-8-10-18(11-9-17)15-7-4-6-14(16)12-15/h4,6-7,12-13H,3,5,8-11H2,1-2H3. The van der Waals surface area contributed by atoms with Gasteiger partial charge in [-0.25, -0.2) is 0 Å². The highest BCUT2D eigenvalue weighted by molar-refractivity contribution is 6.30. The highest BCUT2D eigenvalue weighted by atomic mass is 35.5. The number of hydrogen-bond donors (Lipinski definition) is 0. The van der Waals surface area contributed by atoms with Crippen molar-refractivity contribution in [3.63, 3.8) is 0 Å². The second kappa shape index (κ2) is 6.44. The molecule has 3 heteroatoms. The number of nitrogens with zero attached hydrogens (tertiary/aromatic N) is 2. The van der Waals surface area contributed by atoms with Gasteiger partial charge in [0, 0.05) is 42.9 Å². The number of benzene rings is 1. The molecule has 0 spiro atoms. The second-order valence-electron chi connectivity index (χ2n) is 5.14. The SMILES string of the molecule is CCCC(C)N1CCN(c2cccc(Cl)c2)CC1. The van der Waals surface area contributed by atoms with Gasteiger partial charge < -0.3 is 4.90 Å². The highest BCUT2D eigenvalue weighted by Gasteiger charge is 2.20. The van der Waals surface area contributed by atoms with Crippen LogP contribution in [-0.4, -0.2) is 37.1 Å². The summed E-state index contributed by atoms with van der Waals surface area (Å²) in [6.45, 7) is 9.14. The smallest absolute Gasteiger partial charge is 0.0426 e. The van der Waals surface area contributed by atoms with E-state index in [1.807, 2.05) is 12.1 Å². The Balaban J connectivity index is 1.90. The van der Waals surface area contributed by atoms with E-state index in [1.165, 1.54) is 18.5 Å². The minimum atomic E-state index is 0.719. The zero-order valence-corrected chi connectivity index (χ0v) is 12.2. The molecule has 18 heavy (non-hydrogen) atoms. The van der Waals surface area contributed by atoms with Crippen LogP contribution in [0.3, 0.4) is 0 Å². The Labute approximate surface area is 116 Å². The fourth-order valence-electron chi connectivity index (χ4n) is 2.69. The van der Waals surface area contributed by atoms with Crippen LogP contribution in [0, 0.1) is 0 Å². The molecule has 1 atom stereocenters. The molecule has 0 N–H and O–H groups in total. The van der Waals surface area contributed by atoms with Crippen LogP contribution >= 0.6 is 11.6 Å². The van der Waals surface area contributed by atoms with Gasteiger partial charge in [-0.1, -0.05) is 31.0 Å². The fourth-order valence-corrected chi connectivity index (χ4v) is 2.88. The molecule has 1 unspecified atom stereocenters. The van der Waals surface area contributed by atoms with Crippen LogP contribution in [0.5, 0.6) is 0 Å². The Hall–Kier alpha value is -0.730. The van der Waals surface area contributed by atoms with E-state index >= 15 is 0 Å². The average molecular weight is 267 g/mol. The summed E-state index contributed by atoms with van der Waals surface area (Å²) in [6.07, 6.45) is 2.58. The van der Waals surface area contributed by atoms with Gasteiger partial charge in [0.2, 0.25) is 0 Å². The number of rotatable bonds is 4. The van der Waals surface area contributed by atoms with Gasteiger partial charge in [-0.15, -0.1) is 0 Å². The lowest BCUT2D eigenvalue weighted by Gasteiger charge is -2.39. The minimum absolute atomic E-state index is 0.719. The maximum atomic E-state index is 6.05. The molecule has 1 heterocycles. The van der Waals surface area contributed by atoms with Crippen LogP contribution in [0.15, 0.2) is 24.3 Å². The van der Waals surface area contributed by atoms with E-state index in [0.717, 1.165) is 37.2 Å². The van der Waals surface area contributed by atoms with Gasteiger partial charge in [0.1, 0.15) is 0 Å². The van der Waals surface area contributed by atoms with E-state index in [1.54, 1.807) is 0 Å². The molecule has 0 aromatic heterocycles. The molecule has 0 amide bonds. The third kappa shape index (κ3) is 3.39. The van der Waals surface area contributed by atoms with Crippen molar-refractivity contribution in [3.05, 3.63) is 29.3 Å². The summed E-state index contributed by atoms with van der Waals surface area (Å²) in [6, 6.07) is 8.90. The maximum Gasteiger partial charge on any atom is 0.0426 e. The molecule has 1 aliphatic rings. The van der Waals surface area contributed by atoms with Crippen molar-refractivity contribution in [2.45, 2.75) is 32.7 Å². The van der Waals surface area contributed by atoms with Crippen LogP contribution in [-0.2, 0) is 0 Å². The van der Waals surface area contributed by atoms with Crippen molar-refractivity contribution < 1.29 is 0 Å². The molecular weight excluding hydrogens is 244 g/mol. The predicted octanol–water partition coefficient (Wildman–Crippen LogP) is 3.65. The first-order valence-electron chi connectivity index (χ1n) is 6.95. The van der Waals surface area contributed by atoms with E-state index in [4.69, 9.17) is 11.6 Å². The van der Waals surface area contributed by atoms with E-state index in [0.29, 0.717) is 0 Å². The number of anilines is 1. The lowest BCUT2D eigenvalue weighted by Crippen LogP contribution is -2.49. The summed E-state index contributed by atoms with van der Waals surface area (Å²) in [5, 5.41) is 0.828. The summed E-state index contributed by atoms with van der Waals surface area (Å²) in [5.41, 5.74) is 1.25. The third-order valence-electron chi connectivity index (χ3n) is 3.82. The lowest BCUT2D eigenvalue weighted by atomic mass is 10.1. The third-order valence-corrected chi connectivity index (χ3v) is 4.05. The summed E-state index contributed by atoms with van der Waals surface area (Å²) >= 11 is 6.05. The second-order valence-corrected chi connectivity index (χ2v) is 5.58. The minimum Gasteiger partial charge on any atom is -0.369 e. The molecule has 0 bridgehead atoms. The first-order valence-corrected chi connectivity index (χ1v) is 7.33. The van der Waals surface area contributed by atoms with Crippen molar-refractivity contribution in [1.82, 2.24) is 4.90 Å². The van der Waals surface area contributed by atoms with Crippen LogP contribution in [0.1, 0.15) is 26.7 Å². The van der Waals surface area contributed by atoms with Gasteiger partial charge in [-0.05, 0) is 31.5 Å². The Kier molecular flexibility index (Phi) is 4.90. The number of hydrogen-bond acceptors (Lipinski definition) is 2. The monoisotopic (exact) mass is 266 g/mol. The molecule has 0 saturated carbocycles. The first-order chi connectivity index (χ1) is 8.70. The summed E-state index contributed by atoms with van der Waals surface area (Å²) in [5.74, 6) is 0. The first kappa shape index (κ1) is 13.7. The van der Waals surface area contributed by atoms with Crippen molar-refractivity contribution in [2.24, 2.45) is 0 Å². The molecule has 100 valence electrons. The fraction of sp³-hybridized carbons (Fsp3) is 0.600. The van der Waals surface area contributed by atoms with Crippen molar-refractivity contribution >= 4 is 17.3 Å². The van der Waals surface area contributed by atoms with Gasteiger partial charge in [-0.2, -0.15) is 0 Å². The van der Waals surface area contributed by atoms with Gasteiger partial charge in [0.15, 0.2) is 0 Å². The van der Waals surface area contributed by atoms with E-state index in [-0.39, 0.29) is 0 Å². The summed E-state index contributed by atoms with van der Waals surface area (Å²) in [7, 11) is 0. The van der Waals surface area contributed by atoms with Crippen LogP contribution in [0.25, 0.3) is 0 Å². The maximum absolute atomic E-state index is 6.05. The van der Waals surface area contributed by atoms with E-state index < -0.39 is 0 Å². The molecule has 0 radical (unpaired) electrons. The van der Waals surface area contributed by atoms with E-state index in [9.17, 15) is 0 Å². The Morgan fingerprint density at radius 2 is 1.94 bits per heavy atom. The quantitative estimate of drug-likeness (QED) is 0.821. The van der Waals surface area contributed by atoms with Gasteiger partial charge in [0.05, 0.1) is 0 Å².